The summed E-state index contributed by atoms with van der Waals surface area (Å²) < 4.78 is 7.23. The van der Waals surface area contributed by atoms with Crippen molar-refractivity contribution in [2.45, 2.75) is 65.3 Å². The monoisotopic (exact) mass is 588 g/mol. The highest BCUT2D eigenvalue weighted by Crippen LogP contribution is 2.29. The highest BCUT2D eigenvalue weighted by atomic mass is 16.5. The van der Waals surface area contributed by atoms with Gasteiger partial charge >= 0.3 is 5.97 Å². The Balaban J connectivity index is 1.50. The number of benzene rings is 2. The summed E-state index contributed by atoms with van der Waals surface area (Å²) in [5.74, 6) is -1.60. The topological polar surface area (TPSA) is 131 Å². The van der Waals surface area contributed by atoms with Gasteiger partial charge in [-0.15, -0.1) is 0 Å². The van der Waals surface area contributed by atoms with Gasteiger partial charge in [0, 0.05) is 31.0 Å². The molecule has 2 amide bonds. The van der Waals surface area contributed by atoms with Crippen molar-refractivity contribution in [3.63, 3.8) is 0 Å². The van der Waals surface area contributed by atoms with Crippen LogP contribution in [-0.4, -0.2) is 69.1 Å². The van der Waals surface area contributed by atoms with Crippen molar-refractivity contribution in [3.8, 4) is 11.6 Å². The first-order valence-electron chi connectivity index (χ1n) is 14.6. The summed E-state index contributed by atoms with van der Waals surface area (Å²) >= 11 is 0. The number of ketones is 1. The number of carboxylic acid groups (broad SMARTS) is 1. The standard InChI is InChI=1S/C33H40N4O6/c1-22-9-8-10-24(19-22)23-15-17-36(18-16-23)32(42)26(13-14-30(39)40)34-31(41)27-20-29(43-21-28(38)33(2,3)4)37(35-27)25-11-6-5-7-12-25/h5-12,19-20,23,26H,13-18,21H2,1-4H3,(H,34,41)(H,39,40). The van der Waals surface area contributed by atoms with Crippen LogP contribution in [0.4, 0.5) is 0 Å². The number of aliphatic carboxylic acids is 1. The van der Waals surface area contributed by atoms with Crippen LogP contribution in [0, 0.1) is 12.3 Å². The second-order valence-corrected chi connectivity index (χ2v) is 12.0. The second kappa shape index (κ2) is 13.7. The van der Waals surface area contributed by atoms with Crippen LogP contribution >= 0.6 is 0 Å². The van der Waals surface area contributed by atoms with E-state index in [0.717, 1.165) is 12.8 Å². The molecule has 0 radical (unpaired) electrons. The predicted molar refractivity (Wildman–Crippen MR) is 161 cm³/mol. The Morgan fingerprint density at radius 2 is 1.72 bits per heavy atom. The number of rotatable bonds is 11. The first-order valence-corrected chi connectivity index (χ1v) is 14.6. The maximum absolute atomic E-state index is 13.6. The summed E-state index contributed by atoms with van der Waals surface area (Å²) in [6.07, 6.45) is 1.23. The van der Waals surface area contributed by atoms with Gasteiger partial charge in [0.1, 0.15) is 12.6 Å². The molecular weight excluding hydrogens is 548 g/mol. The van der Waals surface area contributed by atoms with Gasteiger partial charge in [-0.1, -0.05) is 68.8 Å². The van der Waals surface area contributed by atoms with Crippen LogP contribution in [0.15, 0.2) is 60.7 Å². The Morgan fingerprint density at radius 1 is 1.02 bits per heavy atom. The minimum absolute atomic E-state index is 0.0201. The van der Waals surface area contributed by atoms with E-state index in [0.29, 0.717) is 24.7 Å². The molecule has 1 fully saturated rings. The van der Waals surface area contributed by atoms with E-state index in [2.05, 4.69) is 35.5 Å². The number of carboxylic acids is 1. The number of Topliss-reactive ketones (excluding diaryl/α,β-unsaturated/α-hetero) is 1. The lowest BCUT2D eigenvalue weighted by atomic mass is 9.88. The van der Waals surface area contributed by atoms with Crippen LogP contribution < -0.4 is 10.1 Å². The van der Waals surface area contributed by atoms with E-state index in [9.17, 15) is 24.3 Å². The van der Waals surface area contributed by atoms with Crippen molar-refractivity contribution in [1.82, 2.24) is 20.0 Å². The van der Waals surface area contributed by atoms with Gasteiger partial charge in [-0.3, -0.25) is 19.2 Å². The van der Waals surface area contributed by atoms with Gasteiger partial charge in [-0.25, -0.2) is 4.68 Å². The molecule has 2 heterocycles. The average molecular weight is 589 g/mol. The Bertz CT molecular complexity index is 1450. The summed E-state index contributed by atoms with van der Waals surface area (Å²) in [6, 6.07) is 17.8. The number of aromatic nitrogens is 2. The number of hydrogen-bond acceptors (Lipinski definition) is 6. The molecule has 0 saturated carbocycles. The number of nitrogens with zero attached hydrogens (tertiary/aromatic N) is 3. The number of para-hydroxylation sites is 1. The van der Waals surface area contributed by atoms with Gasteiger partial charge in [-0.05, 0) is 49.8 Å². The summed E-state index contributed by atoms with van der Waals surface area (Å²) in [6.45, 7) is 8.27. The predicted octanol–water partition coefficient (Wildman–Crippen LogP) is 4.54. The zero-order valence-electron chi connectivity index (χ0n) is 25.2. The number of piperidine rings is 1. The lowest BCUT2D eigenvalue weighted by Crippen LogP contribution is -2.50. The van der Waals surface area contributed by atoms with Gasteiger partial charge in [0.15, 0.2) is 11.5 Å². The van der Waals surface area contributed by atoms with E-state index in [1.54, 1.807) is 37.8 Å². The summed E-state index contributed by atoms with van der Waals surface area (Å²) in [7, 11) is 0. The lowest BCUT2D eigenvalue weighted by molar-refractivity contribution is -0.138. The molecule has 2 aromatic carbocycles. The van der Waals surface area contributed by atoms with Crippen molar-refractivity contribution in [3.05, 3.63) is 77.5 Å². The Hall–Kier alpha value is -4.47. The summed E-state index contributed by atoms with van der Waals surface area (Å²) in [4.78, 5) is 52.6. The van der Waals surface area contributed by atoms with E-state index in [4.69, 9.17) is 4.74 Å². The Labute approximate surface area is 252 Å². The van der Waals surface area contributed by atoms with Gasteiger partial charge < -0.3 is 20.1 Å². The third-order valence-electron chi connectivity index (χ3n) is 7.67. The molecule has 3 aromatic rings. The van der Waals surface area contributed by atoms with Crippen LogP contribution in [0.2, 0.25) is 0 Å². The van der Waals surface area contributed by atoms with Crippen LogP contribution in [0.3, 0.4) is 0 Å². The highest BCUT2D eigenvalue weighted by molar-refractivity contribution is 5.96. The fraction of sp³-hybridized carbons (Fsp3) is 0.424. The lowest BCUT2D eigenvalue weighted by Gasteiger charge is -2.34. The molecule has 1 aliphatic rings. The minimum Gasteiger partial charge on any atom is -0.481 e. The minimum atomic E-state index is -1.06. The van der Waals surface area contributed by atoms with E-state index in [1.807, 2.05) is 24.3 Å². The zero-order valence-corrected chi connectivity index (χ0v) is 25.2. The summed E-state index contributed by atoms with van der Waals surface area (Å²) in [5, 5.41) is 16.5. The summed E-state index contributed by atoms with van der Waals surface area (Å²) in [5.41, 5.74) is 2.43. The molecule has 10 nitrogen and oxygen atoms in total. The number of nitrogens with one attached hydrogen (secondary N) is 1. The molecule has 0 bridgehead atoms. The molecule has 4 rings (SSSR count). The number of aryl methyl sites for hydroxylation is 1. The molecule has 43 heavy (non-hydrogen) atoms. The molecule has 0 aliphatic carbocycles. The van der Waals surface area contributed by atoms with Gasteiger partial charge in [0.25, 0.3) is 5.91 Å². The van der Waals surface area contributed by atoms with Crippen LogP contribution in [-0.2, 0) is 14.4 Å². The maximum Gasteiger partial charge on any atom is 0.303 e. The number of hydrogen-bond donors (Lipinski definition) is 2. The number of carbonyl (C=O) groups excluding carboxylic acids is 3. The van der Waals surface area contributed by atoms with Crippen molar-refractivity contribution in [2.24, 2.45) is 5.41 Å². The highest BCUT2D eigenvalue weighted by Gasteiger charge is 2.31. The van der Waals surface area contributed by atoms with Crippen LogP contribution in [0.5, 0.6) is 5.88 Å². The quantitative estimate of drug-likeness (QED) is 0.336. The van der Waals surface area contributed by atoms with Crippen molar-refractivity contribution >= 4 is 23.6 Å². The molecular formula is C33H40N4O6. The normalized spacial score (nSPS) is 14.7. The molecule has 1 atom stereocenters. The molecule has 2 N–H and O–H groups in total. The fourth-order valence-corrected chi connectivity index (χ4v) is 5.02. The van der Waals surface area contributed by atoms with Gasteiger partial charge in [0.05, 0.1) is 5.69 Å². The zero-order chi connectivity index (χ0) is 31.1. The molecule has 10 heteroatoms. The number of ether oxygens (including phenoxy) is 1. The third-order valence-corrected chi connectivity index (χ3v) is 7.67. The SMILES string of the molecule is Cc1cccc(C2CCN(C(=O)C(CCC(=O)O)NC(=O)c3cc(OCC(=O)C(C)(C)C)n(-c4ccccc4)n3)CC2)c1. The second-order valence-electron chi connectivity index (χ2n) is 12.0. The van der Waals surface area contributed by atoms with E-state index in [1.165, 1.54) is 21.9 Å². The van der Waals surface area contributed by atoms with Crippen molar-refractivity contribution in [2.75, 3.05) is 19.7 Å². The number of carbonyl (C=O) groups is 4. The van der Waals surface area contributed by atoms with E-state index < -0.39 is 23.3 Å². The maximum atomic E-state index is 13.6. The first kappa shape index (κ1) is 31.5. The Morgan fingerprint density at radius 3 is 2.35 bits per heavy atom. The van der Waals surface area contributed by atoms with E-state index >= 15 is 0 Å². The number of amides is 2. The smallest absolute Gasteiger partial charge is 0.303 e. The largest absolute Gasteiger partial charge is 0.481 e. The molecule has 0 spiro atoms. The van der Waals surface area contributed by atoms with Crippen LogP contribution in [0.25, 0.3) is 5.69 Å². The number of likely N-dealkylation sites (tertiary alicyclic amines) is 1. The first-order chi connectivity index (χ1) is 20.4. The Kier molecular flexibility index (Phi) is 10.0. The molecule has 1 unspecified atom stereocenters. The average Bonchev–Trinajstić information content (AvgIpc) is 3.42. The van der Waals surface area contributed by atoms with E-state index in [-0.39, 0.29) is 42.7 Å². The fourth-order valence-electron chi connectivity index (χ4n) is 5.02. The van der Waals surface area contributed by atoms with Gasteiger partial charge in [0.2, 0.25) is 11.8 Å². The van der Waals surface area contributed by atoms with Crippen molar-refractivity contribution < 1.29 is 29.0 Å². The molecule has 1 aromatic heterocycles. The molecule has 1 saturated heterocycles. The van der Waals surface area contributed by atoms with Crippen LogP contribution in [0.1, 0.15) is 74.0 Å². The van der Waals surface area contributed by atoms with Crippen molar-refractivity contribution in [1.29, 1.82) is 0 Å². The van der Waals surface area contributed by atoms with Gasteiger partial charge in [-0.2, -0.15) is 5.10 Å². The molecule has 228 valence electrons. The molecule has 1 aliphatic heterocycles. The third kappa shape index (κ3) is 8.30.